The number of rotatable bonds is 6. The van der Waals surface area contributed by atoms with Gasteiger partial charge in [0.25, 0.3) is 0 Å². The van der Waals surface area contributed by atoms with Gasteiger partial charge in [0.05, 0.1) is 24.4 Å². The van der Waals surface area contributed by atoms with E-state index >= 15 is 0 Å². The minimum atomic E-state index is -1.69. The van der Waals surface area contributed by atoms with E-state index in [0.717, 1.165) is 27.9 Å². The number of aromatic amines is 1. The maximum absolute atomic E-state index is 13.0. The number of benzene rings is 2. The number of fused-ring (bicyclic) bond motifs is 3. The maximum Gasteiger partial charge on any atom is 0.181 e. The molecule has 7 nitrogen and oxygen atoms in total. The Bertz CT molecular complexity index is 1620. The van der Waals surface area contributed by atoms with Crippen LogP contribution in [0, 0.1) is 12.8 Å². The van der Waals surface area contributed by atoms with Gasteiger partial charge < -0.3 is 25.0 Å². The Morgan fingerprint density at radius 3 is 2.45 bits per heavy atom. The van der Waals surface area contributed by atoms with Gasteiger partial charge in [-0.05, 0) is 79.2 Å². The van der Waals surface area contributed by atoms with Crippen molar-refractivity contribution >= 4 is 22.4 Å². The van der Waals surface area contributed by atoms with E-state index in [9.17, 15) is 20.1 Å². The van der Waals surface area contributed by atoms with E-state index in [1.165, 1.54) is 6.08 Å². The van der Waals surface area contributed by atoms with Gasteiger partial charge in [0.15, 0.2) is 5.78 Å². The summed E-state index contributed by atoms with van der Waals surface area (Å²) in [4.78, 5) is 21.5. The normalized spacial score (nSPS) is 19.9. The molecule has 0 saturated heterocycles. The molecule has 5 rings (SSSR count). The third-order valence-corrected chi connectivity index (χ3v) is 8.51. The van der Waals surface area contributed by atoms with Gasteiger partial charge in [0.1, 0.15) is 22.8 Å². The molecule has 2 atom stereocenters. The summed E-state index contributed by atoms with van der Waals surface area (Å²) < 4.78 is 5.45. The monoisotopic (exact) mass is 542 g/mol. The Morgan fingerprint density at radius 1 is 1.07 bits per heavy atom. The molecule has 4 N–H and O–H groups in total. The van der Waals surface area contributed by atoms with Gasteiger partial charge >= 0.3 is 0 Å². The summed E-state index contributed by atoms with van der Waals surface area (Å²) in [5.74, 6) is -0.499. The third kappa shape index (κ3) is 4.24. The summed E-state index contributed by atoms with van der Waals surface area (Å²) in [5.41, 5.74) is 3.97. The van der Waals surface area contributed by atoms with Crippen LogP contribution in [0.3, 0.4) is 0 Å². The second kappa shape index (κ2) is 9.97. The lowest BCUT2D eigenvalue weighted by molar-refractivity contribution is -0.112. The number of aromatic nitrogens is 1. The van der Waals surface area contributed by atoms with E-state index in [0.29, 0.717) is 46.5 Å². The van der Waals surface area contributed by atoms with Crippen molar-refractivity contribution in [3.05, 3.63) is 75.5 Å². The molecule has 0 bridgehead atoms. The van der Waals surface area contributed by atoms with E-state index in [-0.39, 0.29) is 29.1 Å². The van der Waals surface area contributed by atoms with Crippen molar-refractivity contribution in [1.82, 2.24) is 4.98 Å². The standard InChI is InChI=1S/C33H38N2O5/c1-16(2)23-14-26(36)19(6)28(32(23)38)29(33(39)15-24(17(3)4)27(37)12-18(33)5)31-30-22(10-11-34-31)21-9-8-20(40-7)13-25(21)35-30/h8-9,12-17,29,35-36,38-39H,10-11H2,1-7H3. The van der Waals surface area contributed by atoms with Crippen molar-refractivity contribution in [3.8, 4) is 17.2 Å². The fraction of sp³-hybridized carbons (Fsp3) is 0.394. The van der Waals surface area contributed by atoms with Gasteiger partial charge in [0.2, 0.25) is 0 Å². The van der Waals surface area contributed by atoms with Crippen LogP contribution in [0.2, 0.25) is 0 Å². The number of carbonyl (C=O) groups is 1. The average molecular weight is 543 g/mol. The van der Waals surface area contributed by atoms with Crippen LogP contribution in [0.25, 0.3) is 10.9 Å². The molecule has 1 aromatic heterocycles. The number of hydrogen-bond acceptors (Lipinski definition) is 6. The highest BCUT2D eigenvalue weighted by Crippen LogP contribution is 2.50. The van der Waals surface area contributed by atoms with Crippen LogP contribution in [0.15, 0.2) is 52.6 Å². The fourth-order valence-corrected chi connectivity index (χ4v) is 6.18. The number of phenolic OH excluding ortho intramolecular Hbond substituents is 2. The van der Waals surface area contributed by atoms with Crippen molar-refractivity contribution in [2.24, 2.45) is 10.9 Å². The summed E-state index contributed by atoms with van der Waals surface area (Å²) in [6, 6.07) is 7.46. The van der Waals surface area contributed by atoms with Gasteiger partial charge in [0, 0.05) is 40.2 Å². The molecule has 40 heavy (non-hydrogen) atoms. The number of hydrogen-bond donors (Lipinski definition) is 4. The van der Waals surface area contributed by atoms with Gasteiger partial charge in [-0.25, -0.2) is 0 Å². The molecule has 7 heteroatoms. The van der Waals surface area contributed by atoms with Crippen LogP contribution < -0.4 is 4.74 Å². The maximum atomic E-state index is 13.0. The molecule has 2 aromatic carbocycles. The van der Waals surface area contributed by atoms with Crippen molar-refractivity contribution in [2.75, 3.05) is 13.7 Å². The number of nitrogens with one attached hydrogen (secondary N) is 1. The summed E-state index contributed by atoms with van der Waals surface area (Å²) in [7, 11) is 1.63. The highest BCUT2D eigenvalue weighted by molar-refractivity contribution is 6.12. The summed E-state index contributed by atoms with van der Waals surface area (Å²) >= 11 is 0. The first-order valence-electron chi connectivity index (χ1n) is 13.9. The molecular weight excluding hydrogens is 504 g/mol. The van der Waals surface area contributed by atoms with E-state index < -0.39 is 11.5 Å². The molecule has 2 aliphatic rings. The fourth-order valence-electron chi connectivity index (χ4n) is 6.18. The number of carbonyl (C=O) groups excluding carboxylic acids is 1. The second-order valence-electron chi connectivity index (χ2n) is 11.6. The zero-order valence-electron chi connectivity index (χ0n) is 24.2. The summed E-state index contributed by atoms with van der Waals surface area (Å²) in [6.07, 6.45) is 3.83. The second-order valence-corrected chi connectivity index (χ2v) is 11.6. The van der Waals surface area contributed by atoms with Crippen LogP contribution >= 0.6 is 0 Å². The van der Waals surface area contributed by atoms with Gasteiger partial charge in [-0.2, -0.15) is 0 Å². The van der Waals surface area contributed by atoms with Gasteiger partial charge in [-0.3, -0.25) is 9.79 Å². The van der Waals surface area contributed by atoms with E-state index in [1.807, 2.05) is 45.9 Å². The lowest BCUT2D eigenvalue weighted by atomic mass is 9.67. The van der Waals surface area contributed by atoms with Crippen LogP contribution in [0.5, 0.6) is 17.2 Å². The minimum Gasteiger partial charge on any atom is -0.508 e. The number of H-pyrrole nitrogens is 1. The van der Waals surface area contributed by atoms with E-state index in [1.54, 1.807) is 33.1 Å². The number of methoxy groups -OCH3 is 1. The van der Waals surface area contributed by atoms with Crippen LogP contribution in [-0.4, -0.2) is 51.1 Å². The number of allylic oxidation sites excluding steroid dienone is 2. The van der Waals surface area contributed by atoms with Crippen molar-refractivity contribution in [1.29, 1.82) is 0 Å². The number of aromatic hydroxyl groups is 2. The van der Waals surface area contributed by atoms with Crippen molar-refractivity contribution < 1.29 is 24.9 Å². The molecule has 2 heterocycles. The molecule has 210 valence electrons. The minimum absolute atomic E-state index is 0.0144. The molecule has 0 amide bonds. The van der Waals surface area contributed by atoms with E-state index in [4.69, 9.17) is 9.73 Å². The molecule has 0 spiro atoms. The predicted molar refractivity (Wildman–Crippen MR) is 158 cm³/mol. The first-order chi connectivity index (χ1) is 18.9. The first kappa shape index (κ1) is 27.7. The number of aliphatic imine (C=N–C) groups is 1. The number of phenols is 2. The number of ether oxygens (including phenoxy) is 1. The Kier molecular flexibility index (Phi) is 6.91. The highest BCUT2D eigenvalue weighted by atomic mass is 16.5. The number of aliphatic hydroxyl groups is 1. The Hall–Kier alpha value is -3.84. The molecule has 3 aromatic rings. The zero-order valence-corrected chi connectivity index (χ0v) is 24.2. The smallest absolute Gasteiger partial charge is 0.181 e. The van der Waals surface area contributed by atoms with Gasteiger partial charge in [-0.15, -0.1) is 0 Å². The third-order valence-electron chi connectivity index (χ3n) is 8.51. The molecule has 1 aliphatic carbocycles. The number of ketones is 1. The molecule has 1 aliphatic heterocycles. The molecular formula is C33H38N2O5. The summed E-state index contributed by atoms with van der Waals surface area (Å²) in [6.45, 7) is 11.7. The largest absolute Gasteiger partial charge is 0.508 e. The quantitative estimate of drug-likeness (QED) is 0.286. The average Bonchev–Trinajstić information content (AvgIpc) is 3.28. The topological polar surface area (TPSA) is 115 Å². The van der Waals surface area contributed by atoms with Crippen LogP contribution in [-0.2, 0) is 11.2 Å². The Labute approximate surface area is 234 Å². The van der Waals surface area contributed by atoms with Crippen molar-refractivity contribution in [2.45, 2.75) is 65.4 Å². The molecule has 0 radical (unpaired) electrons. The molecule has 0 fully saturated rings. The Balaban J connectivity index is 1.86. The zero-order chi connectivity index (χ0) is 29.1. The SMILES string of the molecule is COc1ccc2c3c([nH]c2c1)C(C(c1c(C)c(O)cc(C(C)C)c1O)C1(O)C=C(C(C)C)C(=O)C=C1C)=NCC3. The Morgan fingerprint density at radius 2 is 1.80 bits per heavy atom. The van der Waals surface area contributed by atoms with E-state index in [2.05, 4.69) is 4.98 Å². The lowest BCUT2D eigenvalue weighted by Crippen LogP contribution is -2.44. The predicted octanol–water partition coefficient (Wildman–Crippen LogP) is 5.99. The van der Waals surface area contributed by atoms with Crippen LogP contribution in [0.1, 0.15) is 74.4 Å². The van der Waals surface area contributed by atoms with Crippen LogP contribution in [0.4, 0.5) is 0 Å². The first-order valence-corrected chi connectivity index (χ1v) is 13.9. The van der Waals surface area contributed by atoms with Crippen molar-refractivity contribution in [3.63, 3.8) is 0 Å². The molecule has 0 saturated carbocycles. The summed E-state index contributed by atoms with van der Waals surface area (Å²) in [5, 5.41) is 36.6. The number of nitrogens with zero attached hydrogens (tertiary/aromatic N) is 1. The molecule has 2 unspecified atom stereocenters. The van der Waals surface area contributed by atoms with Gasteiger partial charge in [-0.1, -0.05) is 27.7 Å². The lowest BCUT2D eigenvalue weighted by Gasteiger charge is -2.40. The highest BCUT2D eigenvalue weighted by Gasteiger charge is 2.48.